The molecule has 6 amide bonds. The Kier molecular flexibility index (Phi) is 28.1. The number of hydrogen-bond acceptors (Lipinski definition) is 20. The van der Waals surface area contributed by atoms with Gasteiger partial charge in [-0.05, 0) is 147 Å². The molecule has 9 rings (SSSR count). The minimum Gasteiger partial charge on any atom is -0.748 e. The molecule has 4 heterocycles. The number of halogens is 2. The average molecular weight is 1640 g/mol. The number of carbonyl (C=O) groups is 7. The maximum absolute atomic E-state index is 14.0. The van der Waals surface area contributed by atoms with Gasteiger partial charge in [0.1, 0.15) is 36.2 Å². The molecule has 608 valence electrons. The molecule has 0 spiro atoms. The van der Waals surface area contributed by atoms with Crippen molar-refractivity contribution in [3.05, 3.63) is 160 Å². The summed E-state index contributed by atoms with van der Waals surface area (Å²) in [5.74, 6) is -9.90. The second-order valence-corrected chi connectivity index (χ2v) is 35.1. The van der Waals surface area contributed by atoms with Gasteiger partial charge in [-0.25, -0.2) is 22.0 Å². The lowest BCUT2D eigenvalue weighted by molar-refractivity contribution is -0.438. The van der Waals surface area contributed by atoms with Gasteiger partial charge >= 0.3 is 5.97 Å². The topological polar surface area (TPSA) is 471 Å². The minimum absolute atomic E-state index is 0.0293. The molecule has 2 fully saturated rings. The number of aliphatic carboxylic acids is 1. The quantitative estimate of drug-likeness (QED) is 0.0155. The Hall–Kier alpha value is -9.18. The monoisotopic (exact) mass is 1640 g/mol. The van der Waals surface area contributed by atoms with Crippen LogP contribution in [0.15, 0.2) is 142 Å². The Morgan fingerprint density at radius 2 is 1.38 bits per heavy atom. The van der Waals surface area contributed by atoms with Crippen molar-refractivity contribution >= 4 is 99.0 Å². The summed E-state index contributed by atoms with van der Waals surface area (Å²) in [7, 11) is -18.1. The molecule has 1 aliphatic carbocycles. The fourth-order valence-corrected chi connectivity index (χ4v) is 16.4. The largest absolute Gasteiger partial charge is 0.748 e. The number of amides is 6. The molecule has 0 unspecified atom stereocenters. The number of likely N-dealkylation sites (tertiary alicyclic amines) is 1. The van der Waals surface area contributed by atoms with Gasteiger partial charge < -0.3 is 60.7 Å². The molecule has 4 aliphatic heterocycles. The number of nitrogens with zero attached hydrogens (tertiary/aromatic N) is 3. The molecule has 0 radical (unpaired) electrons. The van der Waals surface area contributed by atoms with Crippen LogP contribution in [0.25, 0.3) is 0 Å². The van der Waals surface area contributed by atoms with Crippen LogP contribution in [0.1, 0.15) is 126 Å². The number of carboxylic acid groups (broad SMARTS) is 1. The normalized spacial score (nSPS) is 19.8. The molecule has 4 aromatic rings. The Labute approximate surface area is 648 Å². The van der Waals surface area contributed by atoms with Gasteiger partial charge in [-0.1, -0.05) is 56.3 Å². The average Bonchev–Trinajstić information content (AvgIpc) is 1.60. The summed E-state index contributed by atoms with van der Waals surface area (Å²) in [5, 5.41) is 20.7. The van der Waals surface area contributed by atoms with Crippen LogP contribution >= 0.6 is 0 Å². The van der Waals surface area contributed by atoms with E-state index in [1.54, 1.807) is 60.7 Å². The predicted molar refractivity (Wildman–Crippen MR) is 402 cm³/mol. The number of rotatable bonds is 38. The first kappa shape index (κ1) is 86.8. The number of carboxylic acids is 1. The molecule has 0 bridgehead atoms. The van der Waals surface area contributed by atoms with Crippen molar-refractivity contribution in [1.29, 1.82) is 0 Å². The summed E-state index contributed by atoms with van der Waals surface area (Å²) in [4.78, 5) is 90.4. The lowest BCUT2D eigenvalue weighted by atomic mass is 9.81. The smallest absolute Gasteiger partial charge is 0.326 e. The van der Waals surface area contributed by atoms with Gasteiger partial charge in [0.05, 0.1) is 70.5 Å². The van der Waals surface area contributed by atoms with Crippen LogP contribution in [-0.4, -0.2) is 202 Å². The molecule has 112 heavy (non-hydrogen) atoms. The highest BCUT2D eigenvalue weighted by molar-refractivity contribution is 7.86. The maximum atomic E-state index is 14.0. The standard InChI is InChI=1S/C75H92F2N8O23S4/c1-73(2)56-42-54(111(100,101)102)22-24-60(56)83(30-5-7-36-109(94,95)96)63(73)26-18-50-10-9-11-51(19-27-64-74(3,4)57-43-55(112(103,104)105)23-25-61(57)84(64)31-6-8-37-110(97,98)99)68(50)108-53-20-16-47(17-21-53)38-59(72(92)93)81-65(86)28-32-106-34-35-107-33-29-79-66(87)39-48-12-14-49(15-13-48)45-80-67(88)41-52-40-58(82-70(52)90)71(91)85-46-75(76,77)44-62(85)69(78)89/h12-27,42-43,52,58-59,62H,5-11,28-41,44-46H2,1-4H3,(H10-,78,79,80,81,82,86,87,88,89,90,92,93,94,95,96,97,98,99,100,101,102,103,104,105)/t52-,58-,59-,62-/m0/s1. The second-order valence-electron chi connectivity index (χ2n) is 29.1. The summed E-state index contributed by atoms with van der Waals surface area (Å²) >= 11 is 0. The van der Waals surface area contributed by atoms with Crippen molar-refractivity contribution in [1.82, 2.24) is 26.2 Å². The van der Waals surface area contributed by atoms with E-state index < -0.39 is 141 Å². The summed E-state index contributed by atoms with van der Waals surface area (Å²) in [6.07, 6.45) is 7.91. The molecule has 37 heteroatoms. The third-order valence-corrected chi connectivity index (χ3v) is 23.4. The van der Waals surface area contributed by atoms with Crippen LogP contribution < -0.4 is 36.6 Å². The van der Waals surface area contributed by atoms with Crippen LogP contribution in [0, 0.1) is 5.92 Å². The molecule has 0 aromatic heterocycles. The lowest BCUT2D eigenvalue weighted by Crippen LogP contribution is -2.50. The lowest BCUT2D eigenvalue weighted by Gasteiger charge is -2.28. The molecule has 5 aliphatic rings. The van der Waals surface area contributed by atoms with Crippen molar-refractivity contribution in [3.8, 4) is 5.75 Å². The van der Waals surface area contributed by atoms with Gasteiger partial charge in [0, 0.05) is 97.9 Å². The number of benzene rings is 4. The van der Waals surface area contributed by atoms with E-state index in [0.29, 0.717) is 97.4 Å². The number of allylic oxidation sites excluding steroid dienone is 7. The van der Waals surface area contributed by atoms with E-state index in [2.05, 4.69) is 21.3 Å². The van der Waals surface area contributed by atoms with Gasteiger partial charge in [0.15, 0.2) is 5.71 Å². The first-order valence-corrected chi connectivity index (χ1v) is 42.3. The Morgan fingerprint density at radius 3 is 2.04 bits per heavy atom. The van der Waals surface area contributed by atoms with Crippen molar-refractivity contribution in [2.45, 2.75) is 162 Å². The first-order chi connectivity index (χ1) is 52.5. The van der Waals surface area contributed by atoms with Crippen molar-refractivity contribution in [3.63, 3.8) is 0 Å². The fourth-order valence-electron chi connectivity index (χ4n) is 14.3. The van der Waals surface area contributed by atoms with Crippen LogP contribution in [-0.2, 0) is 114 Å². The molecule has 2 saturated heterocycles. The maximum Gasteiger partial charge on any atom is 0.326 e. The van der Waals surface area contributed by atoms with Gasteiger partial charge in [-0.15, -0.1) is 0 Å². The fraction of sp³-hybridized carbons (Fsp3) is 0.467. The Morgan fingerprint density at radius 1 is 0.741 bits per heavy atom. The van der Waals surface area contributed by atoms with Gasteiger partial charge in [0.25, 0.3) is 36.3 Å². The van der Waals surface area contributed by atoms with E-state index in [1.807, 2.05) is 61.5 Å². The zero-order valence-corrected chi connectivity index (χ0v) is 65.3. The molecule has 10 N–H and O–H groups in total. The second kappa shape index (κ2) is 36.3. The number of fused-ring (bicyclic) bond motifs is 2. The number of anilines is 1. The molecule has 4 atom stereocenters. The SMILES string of the molecule is CC1(C)C(/C=C/C2=C(Oc3ccc(C[C@H](NC(=O)CCOCCOCCNC(=O)Cc4ccc(CNC(=O)C[C@@H]5C[C@@H](C(=O)N6CC(F)(F)C[C@H]6C(N)=O)NC5=O)cc4)C(=O)O)cc3)C(=C/C=C3/N(CCCCS(=O)(=O)[O-])c4ccc(S(=O)(=O)O)cc4C3(C)C)/CCC2)=[N+](CCCCS(=O)(=O)O)c2ccc(S(=O)(=O)O)cc21. The summed E-state index contributed by atoms with van der Waals surface area (Å²) in [5.41, 5.74) is 10.2. The number of unbranched alkanes of at least 4 members (excludes halogenated alkanes) is 2. The summed E-state index contributed by atoms with van der Waals surface area (Å²) in [6, 6.07) is 17.7. The number of nitrogens with two attached hydrogens (primary N) is 1. The van der Waals surface area contributed by atoms with Gasteiger partial charge in [-0.2, -0.15) is 29.8 Å². The van der Waals surface area contributed by atoms with E-state index in [0.717, 1.165) is 0 Å². The zero-order valence-electron chi connectivity index (χ0n) is 62.0. The van der Waals surface area contributed by atoms with Crippen molar-refractivity contribution in [2.75, 3.05) is 69.0 Å². The van der Waals surface area contributed by atoms with E-state index >= 15 is 0 Å². The van der Waals surface area contributed by atoms with E-state index in [4.69, 9.17) is 19.9 Å². The summed E-state index contributed by atoms with van der Waals surface area (Å²) in [6.45, 7) is 7.35. The number of hydrogen-bond donors (Lipinski definition) is 9. The van der Waals surface area contributed by atoms with Crippen molar-refractivity contribution < 1.29 is 118 Å². The Balaban J connectivity index is 0.791. The van der Waals surface area contributed by atoms with Crippen LogP contribution in [0.5, 0.6) is 5.75 Å². The third kappa shape index (κ3) is 23.3. The number of ether oxygens (including phenoxy) is 3. The highest BCUT2D eigenvalue weighted by Crippen LogP contribution is 2.49. The first-order valence-electron chi connectivity index (χ1n) is 36.2. The molecule has 4 aromatic carbocycles. The molecular formula is C75H92F2N8O23S4. The van der Waals surface area contributed by atoms with Gasteiger partial charge in [-0.3, -0.25) is 42.4 Å². The number of nitrogens with one attached hydrogen (secondary N) is 4. The molecular weight excluding hydrogens is 1550 g/mol. The molecule has 0 saturated carbocycles. The minimum atomic E-state index is -4.65. The van der Waals surface area contributed by atoms with Crippen LogP contribution in [0.2, 0.25) is 0 Å². The Bertz CT molecular complexity index is 4910. The van der Waals surface area contributed by atoms with E-state index in [1.165, 1.54) is 24.3 Å². The van der Waals surface area contributed by atoms with E-state index in [9.17, 15) is 99.3 Å². The zero-order chi connectivity index (χ0) is 81.9. The number of carbonyl (C=O) groups excluding carboxylic acids is 6. The summed E-state index contributed by atoms with van der Waals surface area (Å²) < 4.78 is 186. The van der Waals surface area contributed by atoms with Crippen molar-refractivity contribution in [2.24, 2.45) is 11.7 Å². The highest BCUT2D eigenvalue weighted by Gasteiger charge is 2.52. The van der Waals surface area contributed by atoms with Gasteiger partial charge in [0.2, 0.25) is 41.1 Å². The van der Waals surface area contributed by atoms with E-state index in [-0.39, 0.29) is 126 Å². The highest BCUT2D eigenvalue weighted by atomic mass is 32.2. The van der Waals surface area contributed by atoms with Crippen LogP contribution in [0.3, 0.4) is 0 Å². The number of primary amides is 1. The number of alkyl halides is 2. The third-order valence-electron chi connectivity index (χ3n) is 20.1. The van der Waals surface area contributed by atoms with Crippen LogP contribution in [0.4, 0.5) is 20.2 Å². The predicted octanol–water partition coefficient (Wildman–Crippen LogP) is 5.36. The molecule has 31 nitrogen and oxygen atoms in total.